The van der Waals surface area contributed by atoms with Crippen molar-refractivity contribution in [2.24, 2.45) is 0 Å². The van der Waals surface area contributed by atoms with Crippen LogP contribution in [0.1, 0.15) is 43.6 Å². The largest absolute Gasteiger partial charge is 0.388 e. The smallest absolute Gasteiger partial charge is 0.251 e. The summed E-state index contributed by atoms with van der Waals surface area (Å²) < 4.78 is 0. The first-order chi connectivity index (χ1) is 9.86. The molecular weight excluding hydrogens is 262 g/mol. The molecule has 0 unspecified atom stereocenters. The van der Waals surface area contributed by atoms with Crippen LogP contribution >= 0.6 is 0 Å². The lowest BCUT2D eigenvalue weighted by Crippen LogP contribution is -2.42. The summed E-state index contributed by atoms with van der Waals surface area (Å²) >= 11 is 0. The molecule has 0 heterocycles. The van der Waals surface area contributed by atoms with E-state index in [2.05, 4.69) is 43.2 Å². The Hall–Kier alpha value is -1.55. The standard InChI is InChI=1S/C17H29N3O/c1-12(2)20(13(3)4)10-9-19-17(21)15-7-8-16(18-6)14(5)11-15/h7-8,11-13,18H,9-10H2,1-6H3,(H,19,21). The van der Waals surface area contributed by atoms with Gasteiger partial charge in [-0.1, -0.05) is 0 Å². The van der Waals surface area contributed by atoms with Crippen LogP contribution in [0, 0.1) is 6.92 Å². The molecule has 0 spiro atoms. The number of amides is 1. The van der Waals surface area contributed by atoms with Crippen molar-refractivity contribution < 1.29 is 4.79 Å². The third-order valence-corrected chi connectivity index (χ3v) is 3.74. The third kappa shape index (κ3) is 5.05. The van der Waals surface area contributed by atoms with Crippen LogP contribution in [0.3, 0.4) is 0 Å². The average molecular weight is 291 g/mol. The van der Waals surface area contributed by atoms with Crippen molar-refractivity contribution in [3.05, 3.63) is 29.3 Å². The first kappa shape index (κ1) is 17.5. The van der Waals surface area contributed by atoms with Crippen LogP contribution in [0.15, 0.2) is 18.2 Å². The first-order valence-electron chi connectivity index (χ1n) is 7.69. The Bertz CT molecular complexity index is 461. The lowest BCUT2D eigenvalue weighted by atomic mass is 10.1. The highest BCUT2D eigenvalue weighted by Crippen LogP contribution is 2.15. The van der Waals surface area contributed by atoms with Crippen molar-refractivity contribution in [1.82, 2.24) is 10.2 Å². The summed E-state index contributed by atoms with van der Waals surface area (Å²) in [4.78, 5) is 14.5. The van der Waals surface area contributed by atoms with Gasteiger partial charge >= 0.3 is 0 Å². The molecule has 0 saturated carbocycles. The maximum atomic E-state index is 12.2. The molecule has 0 fully saturated rings. The van der Waals surface area contributed by atoms with Crippen LogP contribution in [0.4, 0.5) is 5.69 Å². The number of hydrogen-bond acceptors (Lipinski definition) is 3. The maximum Gasteiger partial charge on any atom is 0.251 e. The lowest BCUT2D eigenvalue weighted by molar-refractivity contribution is 0.0939. The van der Waals surface area contributed by atoms with E-state index in [9.17, 15) is 4.79 Å². The molecule has 1 rings (SSSR count). The summed E-state index contributed by atoms with van der Waals surface area (Å²) in [6.07, 6.45) is 0. The highest BCUT2D eigenvalue weighted by molar-refractivity contribution is 5.94. The Kier molecular flexibility index (Phi) is 6.69. The summed E-state index contributed by atoms with van der Waals surface area (Å²) in [5, 5.41) is 6.11. The van der Waals surface area contributed by atoms with Gasteiger partial charge in [-0.2, -0.15) is 0 Å². The number of benzene rings is 1. The van der Waals surface area contributed by atoms with E-state index in [1.54, 1.807) is 0 Å². The number of nitrogens with one attached hydrogen (secondary N) is 2. The van der Waals surface area contributed by atoms with Crippen LogP contribution in [-0.4, -0.2) is 43.0 Å². The van der Waals surface area contributed by atoms with Crippen molar-refractivity contribution in [3.63, 3.8) is 0 Å². The second-order valence-corrected chi connectivity index (χ2v) is 5.96. The summed E-state index contributed by atoms with van der Waals surface area (Å²) in [6.45, 7) is 12.3. The van der Waals surface area contributed by atoms with Gasteiger partial charge in [-0.15, -0.1) is 0 Å². The molecular formula is C17H29N3O. The highest BCUT2D eigenvalue weighted by Gasteiger charge is 2.13. The molecule has 0 aliphatic rings. The van der Waals surface area contributed by atoms with E-state index in [1.807, 2.05) is 32.2 Å². The fourth-order valence-corrected chi connectivity index (χ4v) is 2.60. The summed E-state index contributed by atoms with van der Waals surface area (Å²) in [6, 6.07) is 6.69. The maximum absolute atomic E-state index is 12.2. The second-order valence-electron chi connectivity index (χ2n) is 5.96. The number of nitrogens with zero attached hydrogens (tertiary/aromatic N) is 1. The van der Waals surface area contributed by atoms with Gasteiger partial charge in [-0.3, -0.25) is 9.69 Å². The predicted molar refractivity (Wildman–Crippen MR) is 90.0 cm³/mol. The lowest BCUT2D eigenvalue weighted by Gasteiger charge is -2.30. The molecule has 1 aromatic rings. The van der Waals surface area contributed by atoms with E-state index in [4.69, 9.17) is 0 Å². The molecule has 4 heteroatoms. The van der Waals surface area contributed by atoms with Gasteiger partial charge in [0, 0.05) is 43.5 Å². The van der Waals surface area contributed by atoms with Gasteiger partial charge in [0.25, 0.3) is 5.91 Å². The molecule has 0 aliphatic heterocycles. The Morgan fingerprint density at radius 2 is 1.81 bits per heavy atom. The molecule has 118 valence electrons. The van der Waals surface area contributed by atoms with Gasteiger partial charge < -0.3 is 10.6 Å². The quantitative estimate of drug-likeness (QED) is 0.812. The molecule has 0 atom stereocenters. The van der Waals surface area contributed by atoms with Crippen LogP contribution in [-0.2, 0) is 0 Å². The summed E-state index contributed by atoms with van der Waals surface area (Å²) in [5.74, 6) is -0.00628. The Balaban J connectivity index is 2.56. The molecule has 1 aromatic carbocycles. The van der Waals surface area contributed by atoms with Crippen molar-refractivity contribution in [2.75, 3.05) is 25.5 Å². The average Bonchev–Trinajstić information content (AvgIpc) is 2.42. The third-order valence-electron chi connectivity index (χ3n) is 3.74. The van der Waals surface area contributed by atoms with Crippen LogP contribution < -0.4 is 10.6 Å². The normalized spacial score (nSPS) is 11.3. The van der Waals surface area contributed by atoms with Crippen molar-refractivity contribution in [2.45, 2.75) is 46.7 Å². The van der Waals surface area contributed by atoms with Crippen LogP contribution in [0.2, 0.25) is 0 Å². The Morgan fingerprint density at radius 1 is 1.19 bits per heavy atom. The van der Waals surface area contributed by atoms with Crippen LogP contribution in [0.25, 0.3) is 0 Å². The molecule has 21 heavy (non-hydrogen) atoms. The highest BCUT2D eigenvalue weighted by atomic mass is 16.1. The van der Waals surface area contributed by atoms with E-state index in [0.717, 1.165) is 17.8 Å². The number of carbonyl (C=O) groups excluding carboxylic acids is 1. The number of aryl methyl sites for hydroxylation is 1. The predicted octanol–water partition coefficient (Wildman–Crippen LogP) is 2.89. The minimum absolute atomic E-state index is 0.00628. The molecule has 0 saturated heterocycles. The second kappa shape index (κ2) is 8.03. The Morgan fingerprint density at radius 3 is 2.29 bits per heavy atom. The van der Waals surface area contributed by atoms with Gasteiger partial charge in [0.05, 0.1) is 0 Å². The SMILES string of the molecule is CNc1ccc(C(=O)NCCN(C(C)C)C(C)C)cc1C. The van der Waals surface area contributed by atoms with Gasteiger partial charge in [-0.25, -0.2) is 0 Å². The fourth-order valence-electron chi connectivity index (χ4n) is 2.60. The number of rotatable bonds is 7. The molecule has 0 aliphatic carbocycles. The number of carbonyl (C=O) groups is 1. The Labute approximate surface area is 128 Å². The molecule has 1 amide bonds. The van der Waals surface area contributed by atoms with E-state index >= 15 is 0 Å². The van der Waals surface area contributed by atoms with Gasteiger partial charge in [0.2, 0.25) is 0 Å². The fraction of sp³-hybridized carbons (Fsp3) is 0.588. The summed E-state index contributed by atoms with van der Waals surface area (Å²) in [5.41, 5.74) is 2.85. The summed E-state index contributed by atoms with van der Waals surface area (Å²) in [7, 11) is 1.88. The van der Waals surface area contributed by atoms with Crippen molar-refractivity contribution in [1.29, 1.82) is 0 Å². The first-order valence-corrected chi connectivity index (χ1v) is 7.69. The zero-order chi connectivity index (χ0) is 16.0. The monoisotopic (exact) mass is 291 g/mol. The minimum atomic E-state index is -0.00628. The van der Waals surface area contributed by atoms with Gasteiger partial charge in [0.1, 0.15) is 0 Å². The zero-order valence-electron chi connectivity index (χ0n) is 14.2. The van der Waals surface area contributed by atoms with E-state index in [0.29, 0.717) is 24.2 Å². The van der Waals surface area contributed by atoms with Crippen molar-refractivity contribution in [3.8, 4) is 0 Å². The molecule has 0 aromatic heterocycles. The zero-order valence-corrected chi connectivity index (χ0v) is 14.2. The van der Waals surface area contributed by atoms with Gasteiger partial charge in [0.15, 0.2) is 0 Å². The number of anilines is 1. The van der Waals surface area contributed by atoms with Crippen LogP contribution in [0.5, 0.6) is 0 Å². The number of hydrogen-bond donors (Lipinski definition) is 2. The molecule has 4 nitrogen and oxygen atoms in total. The topological polar surface area (TPSA) is 44.4 Å². The van der Waals surface area contributed by atoms with E-state index in [-0.39, 0.29) is 5.91 Å². The van der Waals surface area contributed by atoms with E-state index in [1.165, 1.54) is 0 Å². The van der Waals surface area contributed by atoms with Crippen molar-refractivity contribution >= 4 is 11.6 Å². The molecule has 0 radical (unpaired) electrons. The molecule has 2 N–H and O–H groups in total. The van der Waals surface area contributed by atoms with E-state index < -0.39 is 0 Å². The van der Waals surface area contributed by atoms with Gasteiger partial charge in [-0.05, 0) is 58.4 Å². The molecule has 0 bridgehead atoms. The minimum Gasteiger partial charge on any atom is -0.388 e.